The van der Waals surface area contributed by atoms with Crippen LogP contribution in [-0.4, -0.2) is 4.57 Å². The van der Waals surface area contributed by atoms with Crippen molar-refractivity contribution >= 4 is 21.6 Å². The van der Waals surface area contributed by atoms with E-state index in [1.807, 2.05) is 12.1 Å². The Hall–Kier alpha value is -1.29. The zero-order valence-corrected chi connectivity index (χ0v) is 8.21. The lowest BCUT2D eigenvalue weighted by molar-refractivity contribution is 0.756. The molecule has 2 N–H and O–H groups in total. The van der Waals surface area contributed by atoms with Gasteiger partial charge in [-0.25, -0.2) is 0 Å². The summed E-state index contributed by atoms with van der Waals surface area (Å²) in [6.45, 7) is 2.99. The Morgan fingerprint density at radius 3 is 2.92 bits per heavy atom. The molecule has 1 aromatic heterocycles. The van der Waals surface area contributed by atoms with E-state index >= 15 is 0 Å². The Kier molecular flexibility index (Phi) is 2.06. The monoisotopic (exact) mass is 193 g/mol. The predicted molar refractivity (Wildman–Crippen MR) is 55.2 cm³/mol. The Balaban J connectivity index is 2.90. The standard InChI is InChI=1S/C9H11N3S/c1-2-12-7-5-3-4-6-8(7)13-9(12)11-10/h3-6H,2,10H2,1H3/b11-9-. The van der Waals surface area contributed by atoms with Gasteiger partial charge in [-0.15, -0.1) is 0 Å². The molecule has 0 unspecified atom stereocenters. The van der Waals surface area contributed by atoms with E-state index < -0.39 is 0 Å². The number of fused-ring (bicyclic) bond motifs is 1. The van der Waals surface area contributed by atoms with E-state index in [2.05, 4.69) is 28.7 Å². The number of thiazole rings is 1. The minimum Gasteiger partial charge on any atom is -0.320 e. The molecule has 0 amide bonds. The number of aryl methyl sites for hydroxylation is 1. The zero-order valence-electron chi connectivity index (χ0n) is 7.40. The Bertz CT molecular complexity index is 481. The molecule has 3 nitrogen and oxygen atoms in total. The van der Waals surface area contributed by atoms with Crippen LogP contribution in [0.4, 0.5) is 0 Å². The maximum atomic E-state index is 5.30. The van der Waals surface area contributed by atoms with Crippen LogP contribution in [0.3, 0.4) is 0 Å². The molecule has 0 saturated heterocycles. The normalized spacial score (nSPS) is 12.5. The van der Waals surface area contributed by atoms with Crippen LogP contribution in [-0.2, 0) is 6.54 Å². The van der Waals surface area contributed by atoms with Crippen LogP contribution in [0.5, 0.6) is 0 Å². The van der Waals surface area contributed by atoms with E-state index in [1.54, 1.807) is 11.3 Å². The van der Waals surface area contributed by atoms with Gasteiger partial charge in [0.1, 0.15) is 0 Å². The summed E-state index contributed by atoms with van der Waals surface area (Å²) in [7, 11) is 0. The molecule has 0 fully saturated rings. The zero-order chi connectivity index (χ0) is 9.26. The van der Waals surface area contributed by atoms with Crippen LogP contribution in [0.2, 0.25) is 0 Å². The summed E-state index contributed by atoms with van der Waals surface area (Å²) in [5, 5.41) is 3.76. The smallest absolute Gasteiger partial charge is 0.208 e. The molecule has 0 aliphatic heterocycles. The van der Waals surface area contributed by atoms with E-state index in [9.17, 15) is 0 Å². The third kappa shape index (κ3) is 1.23. The molecule has 0 bridgehead atoms. The molecule has 13 heavy (non-hydrogen) atoms. The molecule has 2 aromatic rings. The summed E-state index contributed by atoms with van der Waals surface area (Å²) in [6.07, 6.45) is 0. The van der Waals surface area contributed by atoms with Gasteiger partial charge in [-0.2, -0.15) is 5.10 Å². The number of hydrogen-bond acceptors (Lipinski definition) is 3. The molecule has 2 rings (SSSR count). The second kappa shape index (κ2) is 3.22. The third-order valence-electron chi connectivity index (χ3n) is 2.01. The van der Waals surface area contributed by atoms with Gasteiger partial charge in [-0.05, 0) is 19.1 Å². The van der Waals surface area contributed by atoms with Gasteiger partial charge in [0.15, 0.2) is 0 Å². The second-order valence-electron chi connectivity index (χ2n) is 2.73. The van der Waals surface area contributed by atoms with Crippen LogP contribution in [0, 0.1) is 0 Å². The number of hydrogen-bond donors (Lipinski definition) is 1. The van der Waals surface area contributed by atoms with Crippen molar-refractivity contribution in [3.8, 4) is 0 Å². The lowest BCUT2D eigenvalue weighted by atomic mass is 10.3. The van der Waals surface area contributed by atoms with Crippen LogP contribution >= 0.6 is 11.3 Å². The number of benzene rings is 1. The van der Waals surface area contributed by atoms with Crippen LogP contribution < -0.4 is 10.6 Å². The van der Waals surface area contributed by atoms with Gasteiger partial charge in [-0.1, -0.05) is 23.5 Å². The lowest BCUT2D eigenvalue weighted by Gasteiger charge is -1.97. The first kappa shape index (κ1) is 8.31. The Morgan fingerprint density at radius 1 is 1.46 bits per heavy atom. The third-order valence-corrected chi connectivity index (χ3v) is 3.09. The SMILES string of the molecule is CCn1/c(=N/N)sc2ccccc21. The van der Waals surface area contributed by atoms with Gasteiger partial charge in [-0.3, -0.25) is 0 Å². The maximum absolute atomic E-state index is 5.30. The molecule has 0 atom stereocenters. The molecular formula is C9H11N3S. The summed E-state index contributed by atoms with van der Waals surface area (Å²) < 4.78 is 3.34. The van der Waals surface area contributed by atoms with Crippen LogP contribution in [0.1, 0.15) is 6.92 Å². The molecular weight excluding hydrogens is 182 g/mol. The maximum Gasteiger partial charge on any atom is 0.208 e. The van der Waals surface area contributed by atoms with Crippen molar-refractivity contribution < 1.29 is 0 Å². The van der Waals surface area contributed by atoms with E-state index in [1.165, 1.54) is 10.2 Å². The fraction of sp³-hybridized carbons (Fsp3) is 0.222. The number of nitrogens with two attached hydrogens (primary N) is 1. The average molecular weight is 193 g/mol. The first-order valence-electron chi connectivity index (χ1n) is 4.19. The van der Waals surface area contributed by atoms with Crippen molar-refractivity contribution in [2.75, 3.05) is 0 Å². The largest absolute Gasteiger partial charge is 0.320 e. The molecule has 0 aliphatic carbocycles. The first-order valence-corrected chi connectivity index (χ1v) is 5.00. The Morgan fingerprint density at radius 2 is 2.23 bits per heavy atom. The van der Waals surface area contributed by atoms with Crippen molar-refractivity contribution in [2.45, 2.75) is 13.5 Å². The van der Waals surface area contributed by atoms with Gasteiger partial charge >= 0.3 is 0 Å². The van der Waals surface area contributed by atoms with Crippen molar-refractivity contribution in [2.24, 2.45) is 10.9 Å². The summed E-state index contributed by atoms with van der Waals surface area (Å²) >= 11 is 1.62. The lowest BCUT2D eigenvalue weighted by Crippen LogP contribution is -2.15. The van der Waals surface area contributed by atoms with Crippen molar-refractivity contribution in [1.29, 1.82) is 0 Å². The number of aromatic nitrogens is 1. The van der Waals surface area contributed by atoms with E-state index in [0.29, 0.717) is 0 Å². The van der Waals surface area contributed by atoms with Crippen molar-refractivity contribution in [1.82, 2.24) is 4.57 Å². The van der Waals surface area contributed by atoms with Crippen LogP contribution in [0.15, 0.2) is 29.4 Å². The molecule has 1 heterocycles. The highest BCUT2D eigenvalue weighted by atomic mass is 32.1. The highest BCUT2D eigenvalue weighted by Gasteiger charge is 2.01. The fourth-order valence-corrected chi connectivity index (χ4v) is 2.44. The van der Waals surface area contributed by atoms with Gasteiger partial charge in [0.25, 0.3) is 0 Å². The number of rotatable bonds is 1. The average Bonchev–Trinajstić information content (AvgIpc) is 2.55. The molecule has 0 saturated carbocycles. The van der Waals surface area contributed by atoms with E-state index in [4.69, 9.17) is 5.84 Å². The Labute approximate surface area is 80.1 Å². The number of nitrogens with zero attached hydrogens (tertiary/aromatic N) is 2. The summed E-state index contributed by atoms with van der Waals surface area (Å²) in [5.41, 5.74) is 1.21. The number of para-hydroxylation sites is 1. The van der Waals surface area contributed by atoms with Crippen LogP contribution in [0.25, 0.3) is 10.2 Å². The second-order valence-corrected chi connectivity index (χ2v) is 3.73. The fourth-order valence-electron chi connectivity index (χ4n) is 1.42. The summed E-state index contributed by atoms with van der Waals surface area (Å²) in [4.78, 5) is 0.878. The molecule has 68 valence electrons. The summed E-state index contributed by atoms with van der Waals surface area (Å²) in [5.74, 6) is 5.30. The van der Waals surface area contributed by atoms with Gasteiger partial charge in [0.2, 0.25) is 4.80 Å². The predicted octanol–water partition coefficient (Wildman–Crippen LogP) is 1.50. The van der Waals surface area contributed by atoms with Crippen molar-refractivity contribution in [3.05, 3.63) is 29.1 Å². The van der Waals surface area contributed by atoms with E-state index in [0.717, 1.165) is 11.3 Å². The highest BCUT2D eigenvalue weighted by molar-refractivity contribution is 7.16. The highest BCUT2D eigenvalue weighted by Crippen LogP contribution is 2.15. The first-order chi connectivity index (χ1) is 6.36. The molecule has 0 aliphatic rings. The molecule has 4 heteroatoms. The van der Waals surface area contributed by atoms with Gasteiger partial charge < -0.3 is 10.4 Å². The van der Waals surface area contributed by atoms with E-state index in [-0.39, 0.29) is 0 Å². The minimum atomic E-state index is 0.878. The molecule has 0 radical (unpaired) electrons. The summed E-state index contributed by atoms with van der Waals surface area (Å²) in [6, 6.07) is 8.23. The molecule has 0 spiro atoms. The quantitative estimate of drug-likeness (QED) is 0.541. The van der Waals surface area contributed by atoms with Gasteiger partial charge in [0, 0.05) is 6.54 Å². The van der Waals surface area contributed by atoms with Crippen molar-refractivity contribution in [3.63, 3.8) is 0 Å². The molecule has 1 aromatic carbocycles. The topological polar surface area (TPSA) is 43.3 Å². The van der Waals surface area contributed by atoms with Gasteiger partial charge in [0.05, 0.1) is 10.2 Å². The minimum absolute atomic E-state index is 0.878.